The third-order valence-corrected chi connectivity index (χ3v) is 3.66. The maximum atomic E-state index is 12.3. The third kappa shape index (κ3) is 3.45. The number of benzene rings is 1. The summed E-state index contributed by atoms with van der Waals surface area (Å²) in [6, 6.07) is 7.53. The first-order chi connectivity index (χ1) is 10.8. The van der Waals surface area contributed by atoms with Crippen LogP contribution < -0.4 is 10.9 Å². The van der Waals surface area contributed by atoms with E-state index >= 15 is 0 Å². The predicted octanol–water partition coefficient (Wildman–Crippen LogP) is 2.57. The molecule has 1 unspecified atom stereocenters. The first kappa shape index (κ1) is 16.4. The Bertz CT molecular complexity index is 826. The van der Waals surface area contributed by atoms with E-state index in [9.17, 15) is 19.7 Å². The summed E-state index contributed by atoms with van der Waals surface area (Å²) in [6.07, 6.45) is 1.11. The minimum Gasteiger partial charge on any atom is -0.324 e. The third-order valence-electron chi connectivity index (χ3n) is 3.66. The van der Waals surface area contributed by atoms with Crippen LogP contribution >= 0.6 is 0 Å². The highest BCUT2D eigenvalue weighted by Gasteiger charge is 2.21. The van der Waals surface area contributed by atoms with Crippen molar-refractivity contribution in [2.75, 3.05) is 5.32 Å². The molecule has 2 aromatic rings. The van der Waals surface area contributed by atoms with Crippen LogP contribution in [-0.2, 0) is 4.79 Å². The SMILES string of the molecule is Cc1ccccc1NC(=O)C(C)n1cc([N+](=O)[O-])c(C)cc1=O. The molecule has 0 saturated carbocycles. The summed E-state index contributed by atoms with van der Waals surface area (Å²) >= 11 is 0. The first-order valence-electron chi connectivity index (χ1n) is 7.05. The van der Waals surface area contributed by atoms with Crippen molar-refractivity contribution in [1.29, 1.82) is 0 Å². The number of nitrogens with one attached hydrogen (secondary N) is 1. The number of aryl methyl sites for hydroxylation is 2. The Balaban J connectivity index is 2.33. The van der Waals surface area contributed by atoms with Crippen LogP contribution in [0.2, 0.25) is 0 Å². The average molecular weight is 315 g/mol. The van der Waals surface area contributed by atoms with Gasteiger partial charge in [0.15, 0.2) is 0 Å². The zero-order valence-corrected chi connectivity index (χ0v) is 13.1. The van der Waals surface area contributed by atoms with Crippen LogP contribution in [0.4, 0.5) is 11.4 Å². The maximum Gasteiger partial charge on any atom is 0.288 e. The van der Waals surface area contributed by atoms with Crippen LogP contribution in [0.5, 0.6) is 0 Å². The molecule has 1 heterocycles. The van der Waals surface area contributed by atoms with Crippen LogP contribution in [0, 0.1) is 24.0 Å². The molecule has 0 radical (unpaired) electrons. The summed E-state index contributed by atoms with van der Waals surface area (Å²) in [5.41, 5.74) is 1.14. The molecule has 0 saturated heterocycles. The Morgan fingerprint density at radius 2 is 1.91 bits per heavy atom. The lowest BCUT2D eigenvalue weighted by Crippen LogP contribution is -2.31. The van der Waals surface area contributed by atoms with Crippen molar-refractivity contribution in [3.05, 3.63) is 68.1 Å². The van der Waals surface area contributed by atoms with E-state index in [-0.39, 0.29) is 11.3 Å². The minimum atomic E-state index is -0.874. The monoisotopic (exact) mass is 315 g/mol. The molecule has 1 aromatic heterocycles. The van der Waals surface area contributed by atoms with E-state index in [4.69, 9.17) is 0 Å². The number of nitrogens with zero attached hydrogens (tertiary/aromatic N) is 2. The number of pyridine rings is 1. The van der Waals surface area contributed by atoms with Crippen LogP contribution in [-0.4, -0.2) is 15.4 Å². The van der Waals surface area contributed by atoms with Crippen molar-refractivity contribution in [1.82, 2.24) is 4.57 Å². The molecular formula is C16H17N3O4. The number of carbonyl (C=O) groups excluding carboxylic acids is 1. The zero-order chi connectivity index (χ0) is 17.1. The second kappa shape index (κ2) is 6.43. The number of rotatable bonds is 4. The largest absolute Gasteiger partial charge is 0.324 e. The van der Waals surface area contributed by atoms with Gasteiger partial charge in [0.25, 0.3) is 11.2 Å². The Hall–Kier alpha value is -2.96. The molecular weight excluding hydrogens is 298 g/mol. The first-order valence-corrected chi connectivity index (χ1v) is 7.05. The molecule has 0 fully saturated rings. The fraction of sp³-hybridized carbons (Fsp3) is 0.250. The van der Waals surface area contributed by atoms with E-state index < -0.39 is 22.4 Å². The van der Waals surface area contributed by atoms with Gasteiger partial charge in [-0.25, -0.2) is 0 Å². The van der Waals surface area contributed by atoms with E-state index in [0.29, 0.717) is 5.69 Å². The zero-order valence-electron chi connectivity index (χ0n) is 13.1. The van der Waals surface area contributed by atoms with Crippen LogP contribution in [0.25, 0.3) is 0 Å². The molecule has 1 amide bonds. The number of para-hydroxylation sites is 1. The summed E-state index contributed by atoms with van der Waals surface area (Å²) in [7, 11) is 0. The molecule has 0 aliphatic heterocycles. The molecule has 120 valence electrons. The number of hydrogen-bond acceptors (Lipinski definition) is 4. The van der Waals surface area contributed by atoms with Crippen LogP contribution in [0.15, 0.2) is 41.3 Å². The molecule has 2 rings (SSSR count). The summed E-state index contributed by atoms with van der Waals surface area (Å²) in [5.74, 6) is -0.417. The molecule has 0 aliphatic carbocycles. The van der Waals surface area contributed by atoms with E-state index in [1.807, 2.05) is 19.1 Å². The second-order valence-electron chi connectivity index (χ2n) is 5.32. The van der Waals surface area contributed by atoms with Crippen LogP contribution in [0.1, 0.15) is 24.1 Å². The Kier molecular flexibility index (Phi) is 4.59. The number of hydrogen-bond donors (Lipinski definition) is 1. The number of nitro groups is 1. The van der Waals surface area contributed by atoms with Gasteiger partial charge in [0, 0.05) is 17.3 Å². The van der Waals surface area contributed by atoms with Gasteiger partial charge >= 0.3 is 0 Å². The summed E-state index contributed by atoms with van der Waals surface area (Å²) < 4.78 is 1.07. The van der Waals surface area contributed by atoms with E-state index in [2.05, 4.69) is 5.32 Å². The van der Waals surface area contributed by atoms with E-state index in [1.54, 1.807) is 12.1 Å². The van der Waals surface area contributed by atoms with Crippen molar-refractivity contribution in [2.24, 2.45) is 0 Å². The topological polar surface area (TPSA) is 94.2 Å². The summed E-state index contributed by atoms with van der Waals surface area (Å²) in [5, 5.41) is 13.7. The Labute approximate surface area is 132 Å². The molecule has 23 heavy (non-hydrogen) atoms. The quantitative estimate of drug-likeness (QED) is 0.693. The van der Waals surface area contributed by atoms with Gasteiger partial charge in [-0.1, -0.05) is 18.2 Å². The summed E-state index contributed by atoms with van der Waals surface area (Å²) in [4.78, 5) is 34.8. The number of aromatic nitrogens is 1. The molecule has 7 heteroatoms. The van der Waals surface area contributed by atoms with Crippen molar-refractivity contribution in [3.63, 3.8) is 0 Å². The van der Waals surface area contributed by atoms with Crippen LogP contribution in [0.3, 0.4) is 0 Å². The van der Waals surface area contributed by atoms with Crippen molar-refractivity contribution in [3.8, 4) is 0 Å². The van der Waals surface area contributed by atoms with E-state index in [0.717, 1.165) is 22.4 Å². The highest BCUT2D eigenvalue weighted by atomic mass is 16.6. The fourth-order valence-electron chi connectivity index (χ4n) is 2.20. The Morgan fingerprint density at radius 3 is 2.52 bits per heavy atom. The van der Waals surface area contributed by atoms with Gasteiger partial charge in [-0.15, -0.1) is 0 Å². The van der Waals surface area contributed by atoms with E-state index in [1.165, 1.54) is 13.8 Å². The molecule has 1 atom stereocenters. The normalized spacial score (nSPS) is 11.8. The van der Waals surface area contributed by atoms with Gasteiger partial charge in [-0.2, -0.15) is 0 Å². The predicted molar refractivity (Wildman–Crippen MR) is 86.6 cm³/mol. The molecule has 1 N–H and O–H groups in total. The maximum absolute atomic E-state index is 12.3. The van der Waals surface area contributed by atoms with Gasteiger partial charge in [0.1, 0.15) is 6.04 Å². The lowest BCUT2D eigenvalue weighted by molar-refractivity contribution is -0.386. The highest BCUT2D eigenvalue weighted by Crippen LogP contribution is 2.19. The van der Waals surface area contributed by atoms with Gasteiger partial charge in [0.2, 0.25) is 5.91 Å². The molecule has 0 bridgehead atoms. The fourth-order valence-corrected chi connectivity index (χ4v) is 2.20. The van der Waals surface area contributed by atoms with Gasteiger partial charge in [-0.3, -0.25) is 24.3 Å². The van der Waals surface area contributed by atoms with Crippen molar-refractivity contribution >= 4 is 17.3 Å². The lowest BCUT2D eigenvalue weighted by atomic mass is 10.2. The van der Waals surface area contributed by atoms with Gasteiger partial charge in [-0.05, 0) is 32.4 Å². The number of carbonyl (C=O) groups is 1. The molecule has 0 aliphatic rings. The van der Waals surface area contributed by atoms with Gasteiger partial charge < -0.3 is 5.32 Å². The molecule has 0 spiro atoms. The highest BCUT2D eigenvalue weighted by molar-refractivity contribution is 5.94. The molecule has 1 aromatic carbocycles. The van der Waals surface area contributed by atoms with Crippen molar-refractivity contribution in [2.45, 2.75) is 26.8 Å². The standard InChI is InChI=1S/C16H17N3O4/c1-10-6-4-5-7-13(10)17-16(21)12(3)18-9-14(19(22)23)11(2)8-15(18)20/h4-9,12H,1-3H3,(H,17,21). The van der Waals surface area contributed by atoms with Crippen molar-refractivity contribution < 1.29 is 9.72 Å². The molecule has 7 nitrogen and oxygen atoms in total. The minimum absolute atomic E-state index is 0.194. The van der Waals surface area contributed by atoms with Gasteiger partial charge in [0.05, 0.1) is 11.1 Å². The Morgan fingerprint density at radius 1 is 1.26 bits per heavy atom. The number of amides is 1. The number of anilines is 1. The second-order valence-corrected chi connectivity index (χ2v) is 5.32. The summed E-state index contributed by atoms with van der Waals surface area (Å²) in [6.45, 7) is 4.86. The smallest absolute Gasteiger partial charge is 0.288 e. The lowest BCUT2D eigenvalue weighted by Gasteiger charge is -2.16. The average Bonchev–Trinajstić information content (AvgIpc) is 2.48.